The third-order valence-corrected chi connectivity index (χ3v) is 5.14. The van der Waals surface area contributed by atoms with Gasteiger partial charge in [-0.3, -0.25) is 9.52 Å². The number of aryl methyl sites for hydroxylation is 3. The minimum absolute atomic E-state index is 0.0403. The highest BCUT2D eigenvalue weighted by Crippen LogP contribution is 2.26. The fraction of sp³-hybridized carbons (Fsp3) is 0.235. The Morgan fingerprint density at radius 3 is 2.39 bits per heavy atom. The number of rotatable bonds is 3. The predicted octanol–water partition coefficient (Wildman–Crippen LogP) is 2.99. The van der Waals surface area contributed by atoms with Gasteiger partial charge in [0, 0.05) is 17.8 Å². The van der Waals surface area contributed by atoms with E-state index in [4.69, 9.17) is 0 Å². The topological polar surface area (TPSA) is 75.3 Å². The first-order valence-corrected chi connectivity index (χ1v) is 8.86. The molecule has 5 nitrogen and oxygen atoms in total. The van der Waals surface area contributed by atoms with Gasteiger partial charge < -0.3 is 5.32 Å². The lowest BCUT2D eigenvalue weighted by Gasteiger charge is -2.18. The maximum Gasteiger partial charge on any atom is 0.261 e. The van der Waals surface area contributed by atoms with Crippen molar-refractivity contribution in [2.75, 3.05) is 10.0 Å². The van der Waals surface area contributed by atoms with Crippen LogP contribution in [0.3, 0.4) is 0 Å². The van der Waals surface area contributed by atoms with Crippen LogP contribution in [0.25, 0.3) is 0 Å². The second-order valence-corrected chi connectivity index (χ2v) is 7.53. The second kappa shape index (κ2) is 5.70. The van der Waals surface area contributed by atoms with Crippen molar-refractivity contribution >= 4 is 27.3 Å². The van der Waals surface area contributed by atoms with E-state index >= 15 is 0 Å². The van der Waals surface area contributed by atoms with E-state index in [9.17, 15) is 13.2 Å². The first-order chi connectivity index (χ1) is 10.8. The summed E-state index contributed by atoms with van der Waals surface area (Å²) in [5, 5.41) is 2.75. The van der Waals surface area contributed by atoms with Gasteiger partial charge in [-0.15, -0.1) is 0 Å². The number of benzene rings is 2. The largest absolute Gasteiger partial charge is 0.326 e. The Labute approximate surface area is 135 Å². The molecule has 2 N–H and O–H groups in total. The van der Waals surface area contributed by atoms with Crippen LogP contribution in [-0.4, -0.2) is 14.3 Å². The van der Waals surface area contributed by atoms with E-state index in [0.717, 1.165) is 16.7 Å². The van der Waals surface area contributed by atoms with Gasteiger partial charge in [0.15, 0.2) is 0 Å². The van der Waals surface area contributed by atoms with Crippen molar-refractivity contribution in [2.24, 2.45) is 0 Å². The van der Waals surface area contributed by atoms with E-state index in [1.165, 1.54) is 6.07 Å². The van der Waals surface area contributed by atoms with Gasteiger partial charge in [-0.05, 0) is 67.3 Å². The molecule has 1 amide bonds. The molecule has 0 saturated carbocycles. The third kappa shape index (κ3) is 3.37. The van der Waals surface area contributed by atoms with Gasteiger partial charge in [-0.1, -0.05) is 6.07 Å². The maximum absolute atomic E-state index is 12.6. The van der Waals surface area contributed by atoms with Crippen LogP contribution in [0.5, 0.6) is 0 Å². The van der Waals surface area contributed by atoms with Crippen molar-refractivity contribution in [2.45, 2.75) is 31.6 Å². The van der Waals surface area contributed by atoms with Gasteiger partial charge >= 0.3 is 0 Å². The number of nitrogens with one attached hydrogen (secondary N) is 2. The number of hydrogen-bond donors (Lipinski definition) is 2. The van der Waals surface area contributed by atoms with Gasteiger partial charge in [0.05, 0.1) is 4.90 Å². The van der Waals surface area contributed by atoms with E-state index in [1.807, 2.05) is 19.9 Å². The average molecular weight is 330 g/mol. The highest BCUT2D eigenvalue weighted by Gasteiger charge is 2.20. The molecule has 0 atom stereocenters. The molecule has 0 spiro atoms. The van der Waals surface area contributed by atoms with Gasteiger partial charge in [0.1, 0.15) is 0 Å². The zero-order valence-corrected chi connectivity index (χ0v) is 13.8. The second-order valence-electron chi connectivity index (χ2n) is 5.85. The summed E-state index contributed by atoms with van der Waals surface area (Å²) in [6, 6.07) is 10.4. The number of hydrogen-bond acceptors (Lipinski definition) is 3. The summed E-state index contributed by atoms with van der Waals surface area (Å²) in [6.07, 6.45) is 0.926. The Bertz CT molecular complexity index is 868. The van der Waals surface area contributed by atoms with Crippen LogP contribution in [0.1, 0.15) is 23.1 Å². The zero-order valence-electron chi connectivity index (χ0n) is 13.0. The molecule has 2 aromatic rings. The smallest absolute Gasteiger partial charge is 0.261 e. The highest BCUT2D eigenvalue weighted by atomic mass is 32.2. The van der Waals surface area contributed by atoms with Gasteiger partial charge in [0.25, 0.3) is 10.0 Å². The number of amides is 1. The summed E-state index contributed by atoms with van der Waals surface area (Å²) in [6.45, 7) is 3.85. The van der Waals surface area contributed by atoms with Crippen LogP contribution in [0, 0.1) is 13.8 Å². The molecule has 6 heteroatoms. The highest BCUT2D eigenvalue weighted by molar-refractivity contribution is 7.92. The fourth-order valence-corrected chi connectivity index (χ4v) is 3.87. The molecule has 3 rings (SSSR count). The van der Waals surface area contributed by atoms with Crippen molar-refractivity contribution in [3.8, 4) is 0 Å². The Morgan fingerprint density at radius 1 is 1.00 bits per heavy atom. The van der Waals surface area contributed by atoms with Gasteiger partial charge in [0.2, 0.25) is 5.91 Å². The molecule has 1 heterocycles. The minimum atomic E-state index is -3.66. The first-order valence-electron chi connectivity index (χ1n) is 7.37. The summed E-state index contributed by atoms with van der Waals surface area (Å²) in [5.74, 6) is -0.0403. The van der Waals surface area contributed by atoms with Crippen molar-refractivity contribution in [3.05, 3.63) is 53.1 Å². The van der Waals surface area contributed by atoms with E-state index in [1.54, 1.807) is 24.3 Å². The summed E-state index contributed by atoms with van der Waals surface area (Å²) in [5.41, 5.74) is 4.07. The molecule has 1 aliphatic heterocycles. The molecule has 2 aromatic carbocycles. The van der Waals surface area contributed by atoms with E-state index in [-0.39, 0.29) is 10.8 Å². The van der Waals surface area contributed by atoms with Gasteiger partial charge in [-0.25, -0.2) is 8.42 Å². The van der Waals surface area contributed by atoms with Crippen LogP contribution in [0.4, 0.5) is 11.4 Å². The van der Waals surface area contributed by atoms with Crippen LogP contribution >= 0.6 is 0 Å². The monoisotopic (exact) mass is 330 g/mol. The molecule has 0 saturated heterocycles. The Kier molecular flexibility index (Phi) is 3.85. The van der Waals surface area contributed by atoms with Gasteiger partial charge in [-0.2, -0.15) is 0 Å². The predicted molar refractivity (Wildman–Crippen MR) is 90.1 cm³/mol. The number of fused-ring (bicyclic) bond motifs is 1. The lowest BCUT2D eigenvalue weighted by molar-refractivity contribution is -0.116. The molecule has 23 heavy (non-hydrogen) atoms. The van der Waals surface area contributed by atoms with Crippen LogP contribution in [0.15, 0.2) is 41.3 Å². The number of carbonyl (C=O) groups is 1. The molecular formula is C17H18N2O3S. The lowest BCUT2D eigenvalue weighted by Crippen LogP contribution is -2.20. The molecule has 0 radical (unpaired) electrons. The quantitative estimate of drug-likeness (QED) is 0.908. The Morgan fingerprint density at radius 2 is 1.70 bits per heavy atom. The molecule has 1 aliphatic rings. The summed E-state index contributed by atoms with van der Waals surface area (Å²) < 4.78 is 27.8. The maximum atomic E-state index is 12.6. The average Bonchev–Trinajstić information content (AvgIpc) is 2.44. The molecule has 0 aromatic heterocycles. The molecule has 0 unspecified atom stereocenters. The van der Waals surface area contributed by atoms with E-state index < -0.39 is 10.0 Å². The molecular weight excluding hydrogens is 312 g/mol. The molecule has 0 fully saturated rings. The van der Waals surface area contributed by atoms with E-state index in [2.05, 4.69) is 10.0 Å². The third-order valence-electron chi connectivity index (χ3n) is 3.76. The summed E-state index contributed by atoms with van der Waals surface area (Å²) in [7, 11) is -3.66. The van der Waals surface area contributed by atoms with Crippen LogP contribution < -0.4 is 10.0 Å². The Balaban J connectivity index is 1.92. The van der Waals surface area contributed by atoms with Crippen LogP contribution in [0.2, 0.25) is 0 Å². The normalized spacial score (nSPS) is 14.1. The minimum Gasteiger partial charge on any atom is -0.326 e. The first kappa shape index (κ1) is 15.6. The van der Waals surface area contributed by atoms with Crippen LogP contribution in [-0.2, 0) is 21.2 Å². The standard InChI is InChI=1S/C17H18N2O3S/c1-11-7-12(2)9-14(8-11)19-23(21,22)15-4-5-16-13(10-15)3-6-17(20)18-16/h4-5,7-10,19H,3,6H2,1-2H3,(H,18,20). The van der Waals surface area contributed by atoms with Crippen molar-refractivity contribution in [1.29, 1.82) is 0 Å². The van der Waals surface area contributed by atoms with Crippen molar-refractivity contribution in [3.63, 3.8) is 0 Å². The van der Waals surface area contributed by atoms with E-state index in [0.29, 0.717) is 24.2 Å². The Hall–Kier alpha value is -2.34. The lowest BCUT2D eigenvalue weighted by atomic mass is 10.0. The molecule has 0 bridgehead atoms. The molecule has 0 aliphatic carbocycles. The fourth-order valence-electron chi connectivity index (χ4n) is 2.77. The zero-order chi connectivity index (χ0) is 16.6. The van der Waals surface area contributed by atoms with Crippen molar-refractivity contribution < 1.29 is 13.2 Å². The SMILES string of the molecule is Cc1cc(C)cc(NS(=O)(=O)c2ccc3c(c2)CCC(=O)N3)c1. The van der Waals surface area contributed by atoms with Crippen molar-refractivity contribution in [1.82, 2.24) is 0 Å². The summed E-state index contributed by atoms with van der Waals surface area (Å²) >= 11 is 0. The number of sulfonamides is 1. The molecule has 120 valence electrons. The summed E-state index contributed by atoms with van der Waals surface area (Å²) in [4.78, 5) is 11.6. The number of carbonyl (C=O) groups excluding carboxylic acids is 1. The number of anilines is 2.